The van der Waals surface area contributed by atoms with Crippen molar-refractivity contribution in [3.63, 3.8) is 0 Å². The summed E-state index contributed by atoms with van der Waals surface area (Å²) in [6.45, 7) is 1.90. The molecule has 4 heteroatoms. The molecule has 3 nitrogen and oxygen atoms in total. The van der Waals surface area contributed by atoms with E-state index in [9.17, 15) is 4.79 Å². The van der Waals surface area contributed by atoms with Gasteiger partial charge < -0.3 is 5.32 Å². The molecule has 0 aliphatic heterocycles. The molecule has 96 valence electrons. The van der Waals surface area contributed by atoms with Gasteiger partial charge in [-0.15, -0.1) is 0 Å². The summed E-state index contributed by atoms with van der Waals surface area (Å²) >= 11 is 3.37. The van der Waals surface area contributed by atoms with E-state index in [-0.39, 0.29) is 5.91 Å². The molecule has 0 saturated carbocycles. The minimum absolute atomic E-state index is 0.190. The number of pyridine rings is 1. The molecule has 0 bridgehead atoms. The molecule has 0 fully saturated rings. The van der Waals surface area contributed by atoms with Crippen molar-refractivity contribution < 1.29 is 4.79 Å². The highest BCUT2D eigenvalue weighted by Crippen LogP contribution is 2.12. The summed E-state index contributed by atoms with van der Waals surface area (Å²) in [6, 6.07) is 11.5. The van der Waals surface area contributed by atoms with E-state index in [2.05, 4.69) is 26.2 Å². The predicted molar refractivity (Wildman–Crippen MR) is 80.8 cm³/mol. The van der Waals surface area contributed by atoms with E-state index < -0.39 is 0 Å². The Morgan fingerprint density at radius 1 is 1.26 bits per heavy atom. The third-order valence-electron chi connectivity index (χ3n) is 2.55. The van der Waals surface area contributed by atoms with E-state index >= 15 is 0 Å². The summed E-state index contributed by atoms with van der Waals surface area (Å²) in [5.74, 6) is 0.401. The lowest BCUT2D eigenvalue weighted by atomic mass is 10.2. The number of hydrogen-bond donors (Lipinski definition) is 1. The summed E-state index contributed by atoms with van der Waals surface area (Å²) in [5, 5.41) is 2.75. The SMILES string of the molecule is Cc1cccnc1NC(=O)C=Cc1ccc(Br)cc1. The molecule has 1 N–H and O–H groups in total. The Hall–Kier alpha value is -1.94. The largest absolute Gasteiger partial charge is 0.307 e. The zero-order valence-electron chi connectivity index (χ0n) is 10.4. The molecule has 1 aromatic heterocycles. The topological polar surface area (TPSA) is 42.0 Å². The highest BCUT2D eigenvalue weighted by atomic mass is 79.9. The fourth-order valence-corrected chi connectivity index (χ4v) is 1.79. The first kappa shape index (κ1) is 13.5. The van der Waals surface area contributed by atoms with Crippen LogP contribution in [0, 0.1) is 6.92 Å². The number of anilines is 1. The van der Waals surface area contributed by atoms with Crippen LogP contribution >= 0.6 is 15.9 Å². The van der Waals surface area contributed by atoms with Gasteiger partial charge in [-0.2, -0.15) is 0 Å². The number of halogens is 1. The lowest BCUT2D eigenvalue weighted by Gasteiger charge is -2.03. The maximum Gasteiger partial charge on any atom is 0.249 e. The molecule has 0 atom stereocenters. The molecule has 1 amide bonds. The van der Waals surface area contributed by atoms with Crippen LogP contribution in [-0.2, 0) is 4.79 Å². The van der Waals surface area contributed by atoms with Gasteiger partial charge in [0.1, 0.15) is 5.82 Å². The Bertz CT molecular complexity index is 606. The second-order valence-corrected chi connectivity index (χ2v) is 4.96. The van der Waals surface area contributed by atoms with Gasteiger partial charge in [0.15, 0.2) is 0 Å². The van der Waals surface area contributed by atoms with Gasteiger partial charge in [-0.25, -0.2) is 4.98 Å². The Morgan fingerprint density at radius 2 is 2.00 bits per heavy atom. The zero-order valence-corrected chi connectivity index (χ0v) is 12.0. The van der Waals surface area contributed by atoms with Crippen LogP contribution in [0.5, 0.6) is 0 Å². The fourth-order valence-electron chi connectivity index (χ4n) is 1.52. The van der Waals surface area contributed by atoms with Crippen molar-refractivity contribution in [2.75, 3.05) is 5.32 Å². The van der Waals surface area contributed by atoms with Crippen LogP contribution in [0.2, 0.25) is 0 Å². The minimum Gasteiger partial charge on any atom is -0.307 e. The van der Waals surface area contributed by atoms with Crippen LogP contribution in [0.4, 0.5) is 5.82 Å². The third kappa shape index (κ3) is 4.03. The van der Waals surface area contributed by atoms with Crippen LogP contribution in [-0.4, -0.2) is 10.9 Å². The minimum atomic E-state index is -0.190. The van der Waals surface area contributed by atoms with Gasteiger partial charge in [0, 0.05) is 16.7 Å². The van der Waals surface area contributed by atoms with Crippen molar-refractivity contribution in [3.05, 3.63) is 64.3 Å². The van der Waals surface area contributed by atoms with Crippen LogP contribution in [0.3, 0.4) is 0 Å². The normalized spacial score (nSPS) is 10.6. The average Bonchev–Trinajstić information content (AvgIpc) is 2.41. The highest BCUT2D eigenvalue weighted by molar-refractivity contribution is 9.10. The van der Waals surface area contributed by atoms with Crippen molar-refractivity contribution in [2.24, 2.45) is 0 Å². The van der Waals surface area contributed by atoms with Crippen molar-refractivity contribution >= 4 is 33.7 Å². The van der Waals surface area contributed by atoms with Crippen LogP contribution in [0.25, 0.3) is 6.08 Å². The molecular weight excluding hydrogens is 304 g/mol. The second-order valence-electron chi connectivity index (χ2n) is 4.04. The van der Waals surface area contributed by atoms with Crippen molar-refractivity contribution in [1.82, 2.24) is 4.98 Å². The van der Waals surface area contributed by atoms with Crippen LogP contribution in [0.15, 0.2) is 53.1 Å². The number of nitrogens with zero attached hydrogens (tertiary/aromatic N) is 1. The smallest absolute Gasteiger partial charge is 0.249 e. The number of carbonyl (C=O) groups is 1. The first-order chi connectivity index (χ1) is 9.15. The third-order valence-corrected chi connectivity index (χ3v) is 3.08. The molecular formula is C15H13BrN2O. The summed E-state index contributed by atoms with van der Waals surface area (Å²) < 4.78 is 1.01. The summed E-state index contributed by atoms with van der Waals surface area (Å²) in [5.41, 5.74) is 1.91. The quantitative estimate of drug-likeness (QED) is 0.875. The number of aryl methyl sites for hydroxylation is 1. The van der Waals surface area contributed by atoms with E-state index in [1.807, 2.05) is 43.3 Å². The van der Waals surface area contributed by atoms with E-state index in [0.29, 0.717) is 5.82 Å². The molecule has 0 radical (unpaired) electrons. The van der Waals surface area contributed by atoms with Crippen LogP contribution in [0.1, 0.15) is 11.1 Å². The van der Waals surface area contributed by atoms with Crippen molar-refractivity contribution in [3.8, 4) is 0 Å². The van der Waals surface area contributed by atoms with Gasteiger partial charge >= 0.3 is 0 Å². The molecule has 0 aliphatic carbocycles. The molecule has 2 rings (SSSR count). The van der Waals surface area contributed by atoms with Gasteiger partial charge in [0.05, 0.1) is 0 Å². The first-order valence-corrected chi connectivity index (χ1v) is 6.61. The fraction of sp³-hybridized carbons (Fsp3) is 0.0667. The number of aromatic nitrogens is 1. The molecule has 0 saturated heterocycles. The van der Waals surface area contributed by atoms with Gasteiger partial charge in [-0.05, 0) is 42.3 Å². The summed E-state index contributed by atoms with van der Waals surface area (Å²) in [4.78, 5) is 15.9. The lowest BCUT2D eigenvalue weighted by molar-refractivity contribution is -0.111. The zero-order chi connectivity index (χ0) is 13.7. The van der Waals surface area contributed by atoms with Crippen LogP contribution < -0.4 is 5.32 Å². The van der Waals surface area contributed by atoms with Gasteiger partial charge in [0.25, 0.3) is 0 Å². The number of amides is 1. The van der Waals surface area contributed by atoms with E-state index in [1.165, 1.54) is 6.08 Å². The average molecular weight is 317 g/mol. The van der Waals surface area contributed by atoms with Gasteiger partial charge in [-0.3, -0.25) is 4.79 Å². The summed E-state index contributed by atoms with van der Waals surface area (Å²) in [7, 11) is 0. The number of rotatable bonds is 3. The standard InChI is InChI=1S/C15H13BrN2O/c1-11-3-2-10-17-15(11)18-14(19)9-6-12-4-7-13(16)8-5-12/h2-10H,1H3,(H,17,18,19). The molecule has 2 aromatic rings. The number of carbonyl (C=O) groups excluding carboxylic acids is 1. The molecule has 19 heavy (non-hydrogen) atoms. The Kier molecular flexibility index (Phi) is 4.47. The second kappa shape index (κ2) is 6.29. The van der Waals surface area contributed by atoms with Crippen molar-refractivity contribution in [2.45, 2.75) is 6.92 Å². The van der Waals surface area contributed by atoms with E-state index in [0.717, 1.165) is 15.6 Å². The van der Waals surface area contributed by atoms with Gasteiger partial charge in [-0.1, -0.05) is 34.1 Å². The summed E-state index contributed by atoms with van der Waals surface area (Å²) in [6.07, 6.45) is 4.92. The van der Waals surface area contributed by atoms with E-state index in [4.69, 9.17) is 0 Å². The Morgan fingerprint density at radius 3 is 2.68 bits per heavy atom. The number of benzene rings is 1. The number of hydrogen-bond acceptors (Lipinski definition) is 2. The molecule has 1 heterocycles. The van der Waals surface area contributed by atoms with Crippen molar-refractivity contribution in [1.29, 1.82) is 0 Å². The monoisotopic (exact) mass is 316 g/mol. The Balaban J connectivity index is 2.02. The molecule has 1 aromatic carbocycles. The molecule has 0 unspecified atom stereocenters. The maximum absolute atomic E-state index is 11.8. The first-order valence-electron chi connectivity index (χ1n) is 5.81. The highest BCUT2D eigenvalue weighted by Gasteiger charge is 2.01. The lowest BCUT2D eigenvalue weighted by Crippen LogP contribution is -2.10. The maximum atomic E-state index is 11.8. The molecule has 0 spiro atoms. The van der Waals surface area contributed by atoms with E-state index in [1.54, 1.807) is 12.3 Å². The van der Waals surface area contributed by atoms with Gasteiger partial charge in [0.2, 0.25) is 5.91 Å². The predicted octanol–water partition coefficient (Wildman–Crippen LogP) is 3.80. The Labute approximate surface area is 120 Å². The molecule has 0 aliphatic rings. The number of nitrogens with one attached hydrogen (secondary N) is 1.